The molecule has 0 heterocycles. The van der Waals surface area contributed by atoms with Gasteiger partial charge in [-0.2, -0.15) is 0 Å². The quantitative estimate of drug-likeness (QED) is 0.732. The van der Waals surface area contributed by atoms with E-state index < -0.39 is 5.97 Å². The Labute approximate surface area is 126 Å². The van der Waals surface area contributed by atoms with E-state index in [1.54, 1.807) is 4.90 Å². The van der Waals surface area contributed by atoms with E-state index in [2.05, 4.69) is 5.32 Å². The van der Waals surface area contributed by atoms with E-state index in [0.29, 0.717) is 19.4 Å². The van der Waals surface area contributed by atoms with E-state index in [1.165, 1.54) is 0 Å². The molecule has 0 aliphatic carbocycles. The fourth-order valence-electron chi connectivity index (χ4n) is 2.19. The van der Waals surface area contributed by atoms with Crippen molar-refractivity contribution in [3.63, 3.8) is 0 Å². The van der Waals surface area contributed by atoms with Gasteiger partial charge in [-0.3, -0.25) is 9.59 Å². The highest BCUT2D eigenvalue weighted by Gasteiger charge is 2.18. The Morgan fingerprint density at radius 2 is 1.95 bits per heavy atom. The molecule has 5 heteroatoms. The first kappa shape index (κ1) is 17.2. The van der Waals surface area contributed by atoms with Gasteiger partial charge < -0.3 is 15.3 Å². The number of para-hydroxylation sites is 1. The second-order valence-corrected chi connectivity index (χ2v) is 5.04. The summed E-state index contributed by atoms with van der Waals surface area (Å²) in [7, 11) is 0. The summed E-state index contributed by atoms with van der Waals surface area (Å²) in [5.41, 5.74) is 0.816. The Balaban J connectivity index is 2.71. The van der Waals surface area contributed by atoms with Crippen LogP contribution in [0.2, 0.25) is 0 Å². The minimum Gasteiger partial charge on any atom is -0.481 e. The van der Waals surface area contributed by atoms with Crippen molar-refractivity contribution in [2.75, 3.05) is 18.0 Å². The first-order valence-electron chi connectivity index (χ1n) is 7.35. The van der Waals surface area contributed by atoms with Crippen molar-refractivity contribution in [2.24, 2.45) is 0 Å². The van der Waals surface area contributed by atoms with E-state index >= 15 is 0 Å². The fraction of sp³-hybridized carbons (Fsp3) is 0.500. The molecule has 1 rings (SSSR count). The van der Waals surface area contributed by atoms with Crippen LogP contribution in [0.1, 0.15) is 33.1 Å². The van der Waals surface area contributed by atoms with E-state index in [4.69, 9.17) is 5.11 Å². The van der Waals surface area contributed by atoms with Crippen LogP contribution in [0.5, 0.6) is 0 Å². The minimum atomic E-state index is -0.837. The van der Waals surface area contributed by atoms with Crippen LogP contribution in [0.25, 0.3) is 0 Å². The molecular weight excluding hydrogens is 268 g/mol. The smallest absolute Gasteiger partial charge is 0.303 e. The van der Waals surface area contributed by atoms with Gasteiger partial charge in [0.15, 0.2) is 0 Å². The number of carboxylic acid groups (broad SMARTS) is 1. The topological polar surface area (TPSA) is 69.6 Å². The molecule has 1 atom stereocenters. The van der Waals surface area contributed by atoms with Gasteiger partial charge in [0.1, 0.15) is 0 Å². The Hall–Kier alpha value is -1.88. The largest absolute Gasteiger partial charge is 0.481 e. The van der Waals surface area contributed by atoms with E-state index in [-0.39, 0.29) is 18.4 Å². The Bertz CT molecular complexity index is 448. The third kappa shape index (κ3) is 6.40. The van der Waals surface area contributed by atoms with Crippen LogP contribution in [-0.4, -0.2) is 36.1 Å². The lowest BCUT2D eigenvalue weighted by molar-refractivity contribution is -0.137. The number of carboxylic acids is 1. The van der Waals surface area contributed by atoms with Crippen molar-refractivity contribution in [1.82, 2.24) is 5.32 Å². The number of aliphatic carboxylic acids is 1. The number of nitrogens with zero attached hydrogens (tertiary/aromatic N) is 1. The second kappa shape index (κ2) is 9.13. The van der Waals surface area contributed by atoms with Crippen molar-refractivity contribution < 1.29 is 14.7 Å². The first-order valence-corrected chi connectivity index (χ1v) is 7.35. The maximum Gasteiger partial charge on any atom is 0.303 e. The van der Waals surface area contributed by atoms with Gasteiger partial charge in [0, 0.05) is 31.1 Å². The molecule has 0 fully saturated rings. The molecule has 1 unspecified atom stereocenters. The highest BCUT2D eigenvalue weighted by atomic mass is 16.4. The Morgan fingerprint density at radius 3 is 2.52 bits per heavy atom. The number of anilines is 1. The number of benzene rings is 1. The number of amides is 1. The van der Waals surface area contributed by atoms with E-state index in [0.717, 1.165) is 12.2 Å². The van der Waals surface area contributed by atoms with Crippen molar-refractivity contribution in [1.29, 1.82) is 0 Å². The van der Waals surface area contributed by atoms with Crippen LogP contribution in [0.15, 0.2) is 30.3 Å². The molecule has 2 N–H and O–H groups in total. The van der Waals surface area contributed by atoms with Gasteiger partial charge in [-0.25, -0.2) is 0 Å². The highest BCUT2D eigenvalue weighted by molar-refractivity contribution is 5.93. The van der Waals surface area contributed by atoms with Gasteiger partial charge in [-0.05, 0) is 32.0 Å². The highest BCUT2D eigenvalue weighted by Crippen LogP contribution is 2.16. The first-order chi connectivity index (χ1) is 10.0. The van der Waals surface area contributed by atoms with Gasteiger partial charge in [0.2, 0.25) is 5.91 Å². The van der Waals surface area contributed by atoms with Gasteiger partial charge in [-0.15, -0.1) is 0 Å². The molecule has 116 valence electrons. The van der Waals surface area contributed by atoms with Crippen LogP contribution >= 0.6 is 0 Å². The predicted octanol–water partition coefficient (Wildman–Crippen LogP) is 2.27. The zero-order valence-electron chi connectivity index (χ0n) is 12.7. The third-order valence-electron chi connectivity index (χ3n) is 3.17. The molecule has 1 aromatic rings. The van der Waals surface area contributed by atoms with Crippen LogP contribution in [-0.2, 0) is 9.59 Å². The summed E-state index contributed by atoms with van der Waals surface area (Å²) < 4.78 is 0. The number of nitrogens with one attached hydrogen (secondary N) is 1. The number of hydrogen-bond acceptors (Lipinski definition) is 3. The average molecular weight is 292 g/mol. The van der Waals surface area contributed by atoms with Crippen molar-refractivity contribution >= 4 is 17.6 Å². The number of rotatable bonds is 9. The molecule has 0 aliphatic heterocycles. The van der Waals surface area contributed by atoms with Crippen molar-refractivity contribution in [2.45, 2.75) is 39.2 Å². The molecule has 5 nitrogen and oxygen atoms in total. The second-order valence-electron chi connectivity index (χ2n) is 5.04. The summed E-state index contributed by atoms with van der Waals surface area (Å²) >= 11 is 0. The van der Waals surface area contributed by atoms with Crippen molar-refractivity contribution in [3.05, 3.63) is 30.3 Å². The van der Waals surface area contributed by atoms with Crippen LogP contribution < -0.4 is 10.2 Å². The summed E-state index contributed by atoms with van der Waals surface area (Å²) in [5.74, 6) is -0.823. The summed E-state index contributed by atoms with van der Waals surface area (Å²) in [4.78, 5) is 24.8. The Morgan fingerprint density at radius 1 is 1.29 bits per heavy atom. The fourth-order valence-corrected chi connectivity index (χ4v) is 2.19. The van der Waals surface area contributed by atoms with Gasteiger partial charge in [0.25, 0.3) is 0 Å². The minimum absolute atomic E-state index is 0.0139. The lowest BCUT2D eigenvalue weighted by Gasteiger charge is -2.24. The zero-order chi connectivity index (χ0) is 15.7. The monoisotopic (exact) mass is 292 g/mol. The standard InChI is InChI=1S/C16H24N2O3/c1-3-17-13(2)12-15(19)18(11-7-10-16(20)21)14-8-5-4-6-9-14/h4-6,8-9,13,17H,3,7,10-12H2,1-2H3,(H,20,21). The summed E-state index contributed by atoms with van der Waals surface area (Å²) in [5, 5.41) is 12.0. The lowest BCUT2D eigenvalue weighted by atomic mass is 10.1. The SMILES string of the molecule is CCNC(C)CC(=O)N(CCCC(=O)O)c1ccccc1. The van der Waals surface area contributed by atoms with Crippen molar-refractivity contribution in [3.8, 4) is 0 Å². The summed E-state index contributed by atoms with van der Waals surface area (Å²) in [6.07, 6.45) is 0.917. The van der Waals surface area contributed by atoms with Crippen LogP contribution in [0.3, 0.4) is 0 Å². The molecule has 0 aliphatic rings. The molecule has 1 amide bonds. The third-order valence-corrected chi connectivity index (χ3v) is 3.17. The van der Waals surface area contributed by atoms with E-state index in [9.17, 15) is 9.59 Å². The predicted molar refractivity (Wildman–Crippen MR) is 83.4 cm³/mol. The molecule has 0 spiro atoms. The average Bonchev–Trinajstić information content (AvgIpc) is 2.44. The molecular formula is C16H24N2O3. The number of carbonyl (C=O) groups is 2. The maximum atomic E-state index is 12.4. The number of carbonyl (C=O) groups excluding carboxylic acids is 1. The molecule has 1 aromatic carbocycles. The molecule has 21 heavy (non-hydrogen) atoms. The molecule has 0 saturated carbocycles. The van der Waals surface area contributed by atoms with Crippen LogP contribution in [0.4, 0.5) is 5.69 Å². The number of hydrogen-bond donors (Lipinski definition) is 2. The van der Waals surface area contributed by atoms with Gasteiger partial charge in [-0.1, -0.05) is 25.1 Å². The van der Waals surface area contributed by atoms with Gasteiger partial charge in [0.05, 0.1) is 0 Å². The zero-order valence-corrected chi connectivity index (χ0v) is 12.7. The van der Waals surface area contributed by atoms with Crippen LogP contribution in [0, 0.1) is 0 Å². The van der Waals surface area contributed by atoms with Gasteiger partial charge >= 0.3 is 5.97 Å². The molecule has 0 radical (unpaired) electrons. The molecule has 0 aromatic heterocycles. The molecule has 0 bridgehead atoms. The normalized spacial score (nSPS) is 11.9. The maximum absolute atomic E-state index is 12.4. The summed E-state index contributed by atoms with van der Waals surface area (Å²) in [6.45, 7) is 5.22. The lowest BCUT2D eigenvalue weighted by Crippen LogP contribution is -2.37. The molecule has 0 saturated heterocycles. The van der Waals surface area contributed by atoms with E-state index in [1.807, 2.05) is 44.2 Å². The summed E-state index contributed by atoms with van der Waals surface area (Å²) in [6, 6.07) is 9.49. The Kier molecular flexibility index (Phi) is 7.46.